The van der Waals surface area contributed by atoms with Crippen molar-refractivity contribution in [2.24, 2.45) is 16.4 Å². The molecule has 3 amide bonds. The summed E-state index contributed by atoms with van der Waals surface area (Å²) in [4.78, 5) is 52.7. The number of rotatable bonds is 8. The van der Waals surface area contributed by atoms with E-state index >= 15 is 0 Å². The van der Waals surface area contributed by atoms with Gasteiger partial charge in [-0.2, -0.15) is 5.10 Å². The fraction of sp³-hybridized carbons (Fsp3) is 0.433. The summed E-state index contributed by atoms with van der Waals surface area (Å²) in [5.41, 5.74) is 2.31. The van der Waals surface area contributed by atoms with E-state index in [9.17, 15) is 24.3 Å². The van der Waals surface area contributed by atoms with Crippen molar-refractivity contribution >= 4 is 35.1 Å². The molecule has 9 heteroatoms. The monoisotopic (exact) mass is 532 g/mol. The van der Waals surface area contributed by atoms with Gasteiger partial charge in [0.15, 0.2) is 5.78 Å². The number of Topliss-reactive ketones (excluding diaryl/α,β-unsaturated/α-hetero) is 1. The first-order chi connectivity index (χ1) is 18.5. The van der Waals surface area contributed by atoms with Crippen LogP contribution in [0.4, 0.5) is 10.5 Å². The van der Waals surface area contributed by atoms with Gasteiger partial charge in [-0.05, 0) is 36.6 Å². The molecule has 2 aromatic rings. The van der Waals surface area contributed by atoms with Crippen molar-refractivity contribution in [1.29, 1.82) is 0 Å². The van der Waals surface area contributed by atoms with Gasteiger partial charge in [-0.15, -0.1) is 0 Å². The fourth-order valence-electron chi connectivity index (χ4n) is 4.92. The maximum atomic E-state index is 13.9. The first kappa shape index (κ1) is 28.0. The number of carbonyl (C=O) groups is 4. The summed E-state index contributed by atoms with van der Waals surface area (Å²) in [6.07, 6.45) is 5.19. The molecule has 1 heterocycles. The summed E-state index contributed by atoms with van der Waals surface area (Å²) in [7, 11) is 0. The van der Waals surface area contributed by atoms with E-state index in [1.54, 1.807) is 12.1 Å². The molecule has 0 bridgehead atoms. The third-order valence-corrected chi connectivity index (χ3v) is 7.24. The Morgan fingerprint density at radius 3 is 2.41 bits per heavy atom. The van der Waals surface area contributed by atoms with Crippen molar-refractivity contribution in [3.05, 3.63) is 65.2 Å². The molecule has 39 heavy (non-hydrogen) atoms. The van der Waals surface area contributed by atoms with Crippen molar-refractivity contribution in [2.45, 2.75) is 59.4 Å². The maximum absolute atomic E-state index is 13.9. The third kappa shape index (κ3) is 6.71. The molecule has 0 spiro atoms. The average Bonchev–Trinajstić information content (AvgIpc) is 3.02. The summed E-state index contributed by atoms with van der Waals surface area (Å²) < 4.78 is 0. The summed E-state index contributed by atoms with van der Waals surface area (Å²) in [5, 5.41) is 17.9. The smallest absolute Gasteiger partial charge is 0.345 e. The molecule has 0 unspecified atom stereocenters. The van der Waals surface area contributed by atoms with Crippen LogP contribution in [0.15, 0.2) is 53.6 Å². The van der Waals surface area contributed by atoms with Crippen LogP contribution in [-0.4, -0.2) is 52.6 Å². The number of anilines is 1. The molecule has 0 atom stereocenters. The molecule has 2 aromatic carbocycles. The second-order valence-electron chi connectivity index (χ2n) is 11.2. The van der Waals surface area contributed by atoms with Gasteiger partial charge >= 0.3 is 12.0 Å². The molecule has 1 aliphatic carbocycles. The van der Waals surface area contributed by atoms with Gasteiger partial charge < -0.3 is 10.4 Å². The average molecular weight is 533 g/mol. The van der Waals surface area contributed by atoms with E-state index in [2.05, 4.69) is 5.32 Å². The summed E-state index contributed by atoms with van der Waals surface area (Å²) >= 11 is 0. The Bertz CT molecular complexity index is 1290. The minimum atomic E-state index is -1.05. The molecule has 1 aliphatic heterocycles. The number of amides is 3. The normalized spacial score (nSPS) is 16.3. The number of para-hydroxylation sites is 1. The van der Waals surface area contributed by atoms with Crippen LogP contribution in [0.2, 0.25) is 0 Å². The number of carboxylic acids is 1. The molecular formula is C30H36N4O5. The molecule has 9 nitrogen and oxygen atoms in total. The van der Waals surface area contributed by atoms with Gasteiger partial charge in [-0.1, -0.05) is 70.4 Å². The number of carboxylic acid groups (broad SMARTS) is 1. The highest BCUT2D eigenvalue weighted by molar-refractivity contribution is 6.13. The molecule has 2 aliphatic rings. The zero-order valence-electron chi connectivity index (χ0n) is 22.8. The highest BCUT2D eigenvalue weighted by Crippen LogP contribution is 2.34. The van der Waals surface area contributed by atoms with Crippen LogP contribution in [-0.2, 0) is 16.1 Å². The Labute approximate surface area is 228 Å². The second kappa shape index (κ2) is 11.8. The molecular weight excluding hydrogens is 496 g/mol. The Balaban J connectivity index is 1.63. The molecule has 2 N–H and O–H groups in total. The Hall–Kier alpha value is -4.01. The molecule has 1 saturated carbocycles. The lowest BCUT2D eigenvalue weighted by Gasteiger charge is -2.28. The van der Waals surface area contributed by atoms with Crippen LogP contribution in [0.25, 0.3) is 0 Å². The predicted molar refractivity (Wildman–Crippen MR) is 149 cm³/mol. The number of carbonyl (C=O) groups excluding carboxylic acids is 3. The molecule has 206 valence electrons. The van der Waals surface area contributed by atoms with E-state index in [0.717, 1.165) is 43.4 Å². The molecule has 0 radical (unpaired) electrons. The van der Waals surface area contributed by atoms with Crippen LogP contribution in [0.1, 0.15) is 74.4 Å². The van der Waals surface area contributed by atoms with Crippen molar-refractivity contribution in [2.75, 3.05) is 18.0 Å². The quantitative estimate of drug-likeness (QED) is 0.504. The van der Waals surface area contributed by atoms with E-state index in [0.29, 0.717) is 11.3 Å². The lowest BCUT2D eigenvalue weighted by atomic mass is 9.83. The van der Waals surface area contributed by atoms with Gasteiger partial charge in [0.1, 0.15) is 6.54 Å². The Morgan fingerprint density at radius 1 is 1.00 bits per heavy atom. The van der Waals surface area contributed by atoms with E-state index in [-0.39, 0.29) is 36.9 Å². The third-order valence-electron chi connectivity index (χ3n) is 7.24. The van der Waals surface area contributed by atoms with Crippen molar-refractivity contribution < 1.29 is 24.3 Å². The van der Waals surface area contributed by atoms with Gasteiger partial charge in [0, 0.05) is 23.4 Å². The summed E-state index contributed by atoms with van der Waals surface area (Å²) in [6.45, 7) is 5.09. The van der Waals surface area contributed by atoms with Crippen molar-refractivity contribution in [3.63, 3.8) is 0 Å². The maximum Gasteiger partial charge on any atom is 0.345 e. The van der Waals surface area contributed by atoms with Crippen LogP contribution in [0.5, 0.6) is 0 Å². The first-order valence-electron chi connectivity index (χ1n) is 13.4. The number of benzene rings is 2. The number of hydrogen-bond donors (Lipinski definition) is 2. The highest BCUT2D eigenvalue weighted by atomic mass is 16.4. The molecule has 1 fully saturated rings. The van der Waals surface area contributed by atoms with E-state index < -0.39 is 23.3 Å². The van der Waals surface area contributed by atoms with Gasteiger partial charge in [-0.3, -0.25) is 14.5 Å². The zero-order valence-corrected chi connectivity index (χ0v) is 22.8. The Kier molecular flexibility index (Phi) is 8.47. The second-order valence-corrected chi connectivity index (χ2v) is 11.2. The number of ketones is 1. The molecule has 0 aromatic heterocycles. The summed E-state index contributed by atoms with van der Waals surface area (Å²) in [5.74, 6) is -1.44. The number of hydrazone groups is 1. The standard InChI is InChI=1S/C30H36N4O5/c1-30(2,3)25(35)18-33-24-15-8-7-14-23(24)27(21-11-5-4-6-12-21)32-34(29(33)39)19-26(36)31-17-20-10-9-13-22(16-20)28(37)38/h7-10,13-16,21H,4-6,11-12,17-19H2,1-3H3,(H,31,36)(H,37,38). The number of urea groups is 1. The largest absolute Gasteiger partial charge is 0.478 e. The minimum absolute atomic E-state index is 0.102. The zero-order chi connectivity index (χ0) is 28.2. The lowest BCUT2D eigenvalue weighted by molar-refractivity contribution is -0.124. The van der Waals surface area contributed by atoms with Gasteiger partial charge in [0.05, 0.1) is 23.5 Å². The minimum Gasteiger partial charge on any atom is -0.478 e. The highest BCUT2D eigenvalue weighted by Gasteiger charge is 2.36. The van der Waals surface area contributed by atoms with E-state index in [1.807, 2.05) is 45.0 Å². The van der Waals surface area contributed by atoms with Crippen molar-refractivity contribution in [1.82, 2.24) is 10.3 Å². The molecule has 4 rings (SSSR count). The SMILES string of the molecule is CC(C)(C)C(=O)CN1C(=O)N(CC(=O)NCc2cccc(C(=O)O)c2)N=C(C2CCCCC2)c2ccccc21. The Morgan fingerprint density at radius 2 is 1.72 bits per heavy atom. The van der Waals surface area contributed by atoms with Crippen LogP contribution >= 0.6 is 0 Å². The van der Waals surface area contributed by atoms with Crippen LogP contribution in [0, 0.1) is 11.3 Å². The predicted octanol–water partition coefficient (Wildman–Crippen LogP) is 4.84. The van der Waals surface area contributed by atoms with Gasteiger partial charge in [0.25, 0.3) is 0 Å². The van der Waals surface area contributed by atoms with Crippen molar-refractivity contribution in [3.8, 4) is 0 Å². The van der Waals surface area contributed by atoms with E-state index in [4.69, 9.17) is 5.10 Å². The lowest BCUT2D eigenvalue weighted by Crippen LogP contribution is -2.47. The first-order valence-corrected chi connectivity index (χ1v) is 13.4. The summed E-state index contributed by atoms with van der Waals surface area (Å²) in [6, 6.07) is 13.3. The number of nitrogens with zero attached hydrogens (tertiary/aromatic N) is 3. The van der Waals surface area contributed by atoms with E-state index in [1.165, 1.54) is 22.0 Å². The van der Waals surface area contributed by atoms with Gasteiger partial charge in [0.2, 0.25) is 5.91 Å². The number of hydrogen-bond acceptors (Lipinski definition) is 5. The number of nitrogens with one attached hydrogen (secondary N) is 1. The van der Waals surface area contributed by atoms with Gasteiger partial charge in [-0.25, -0.2) is 14.6 Å². The topological polar surface area (TPSA) is 119 Å². The fourth-order valence-corrected chi connectivity index (χ4v) is 4.92. The number of fused-ring (bicyclic) bond motifs is 1. The number of aromatic carboxylic acids is 1. The van der Waals surface area contributed by atoms with Crippen LogP contribution in [0.3, 0.4) is 0 Å². The van der Waals surface area contributed by atoms with Crippen LogP contribution < -0.4 is 10.2 Å². The molecule has 0 saturated heterocycles.